The summed E-state index contributed by atoms with van der Waals surface area (Å²) >= 11 is 0. The van der Waals surface area contributed by atoms with Gasteiger partial charge in [-0.05, 0) is 58.2 Å². The highest BCUT2D eigenvalue weighted by molar-refractivity contribution is 6.21. The maximum atomic E-state index is 12.4. The van der Waals surface area contributed by atoms with Crippen LogP contribution in [-0.4, -0.2) is 53.9 Å². The molecule has 0 fully saturated rings. The van der Waals surface area contributed by atoms with E-state index in [2.05, 4.69) is 20.8 Å². The van der Waals surface area contributed by atoms with Crippen molar-refractivity contribution in [3.05, 3.63) is 29.3 Å². The molecule has 2 amide bonds. The minimum atomic E-state index is -0.205. The monoisotopic (exact) mass is 411 g/mol. The third-order valence-electron chi connectivity index (χ3n) is 5.52. The molecule has 1 aliphatic heterocycles. The molecule has 25 heavy (non-hydrogen) atoms. The molecule has 1 aromatic carbocycles. The Labute approximate surface area is 161 Å². The van der Waals surface area contributed by atoms with Crippen LogP contribution in [0.4, 0.5) is 5.69 Å². The highest BCUT2D eigenvalue weighted by Gasteiger charge is 2.35. The molecule has 2 rings (SSSR count). The van der Waals surface area contributed by atoms with Crippen LogP contribution in [0, 0.1) is 0 Å². The van der Waals surface area contributed by atoms with Crippen molar-refractivity contribution in [2.24, 2.45) is 0 Å². The van der Waals surface area contributed by atoms with Gasteiger partial charge in [0, 0.05) is 12.2 Å². The standard InChI is InChI=1S/C19H29N3O2.BrH/c1-4-22(5-2,6-3)13-9-7-8-12-21-18(23)16-11-10-15(20)14-17(16)19(21)24;/h10-11,14H,4-9,12-13H2,1-3H3,(H-,20,23);1H. The van der Waals surface area contributed by atoms with Crippen molar-refractivity contribution in [1.29, 1.82) is 0 Å². The van der Waals surface area contributed by atoms with Gasteiger partial charge in [0.05, 0.1) is 37.3 Å². The molecular weight excluding hydrogens is 382 g/mol. The van der Waals surface area contributed by atoms with Crippen molar-refractivity contribution in [2.75, 3.05) is 38.5 Å². The molecule has 5 nitrogen and oxygen atoms in total. The summed E-state index contributed by atoms with van der Waals surface area (Å²) in [5.41, 5.74) is 7.16. The molecule has 0 aliphatic carbocycles. The first-order valence-electron chi connectivity index (χ1n) is 9.08. The van der Waals surface area contributed by atoms with E-state index < -0.39 is 0 Å². The van der Waals surface area contributed by atoms with Gasteiger partial charge in [0.2, 0.25) is 0 Å². The molecule has 0 saturated heterocycles. The molecule has 0 radical (unpaired) electrons. The van der Waals surface area contributed by atoms with Crippen molar-refractivity contribution < 1.29 is 31.1 Å². The Bertz CT molecular complexity index is 606. The van der Waals surface area contributed by atoms with Crippen molar-refractivity contribution >= 4 is 17.5 Å². The van der Waals surface area contributed by atoms with Gasteiger partial charge in [-0.1, -0.05) is 0 Å². The van der Waals surface area contributed by atoms with Gasteiger partial charge in [0.1, 0.15) is 0 Å². The fourth-order valence-corrected chi connectivity index (χ4v) is 3.55. The summed E-state index contributed by atoms with van der Waals surface area (Å²) in [6.45, 7) is 11.9. The third kappa shape index (κ3) is 4.61. The maximum Gasteiger partial charge on any atom is 0.261 e. The van der Waals surface area contributed by atoms with Crippen molar-refractivity contribution in [3.63, 3.8) is 0 Å². The predicted molar refractivity (Wildman–Crippen MR) is 96.8 cm³/mol. The first-order chi connectivity index (χ1) is 11.5. The lowest BCUT2D eigenvalue weighted by Crippen LogP contribution is -3.00. The van der Waals surface area contributed by atoms with Gasteiger partial charge >= 0.3 is 0 Å². The second-order valence-corrected chi connectivity index (χ2v) is 6.64. The zero-order valence-corrected chi connectivity index (χ0v) is 17.1. The number of fused-ring (bicyclic) bond motifs is 1. The number of nitrogens with two attached hydrogens (primary N) is 1. The summed E-state index contributed by atoms with van der Waals surface area (Å²) in [7, 11) is 0. The molecule has 1 heterocycles. The van der Waals surface area contributed by atoms with E-state index in [0.717, 1.165) is 43.4 Å². The summed E-state index contributed by atoms with van der Waals surface area (Å²) in [6.07, 6.45) is 3.03. The first-order valence-corrected chi connectivity index (χ1v) is 9.08. The molecule has 0 aromatic heterocycles. The number of carbonyl (C=O) groups excluding carboxylic acids is 2. The number of imide groups is 1. The third-order valence-corrected chi connectivity index (χ3v) is 5.52. The minimum absolute atomic E-state index is 0. The molecule has 0 atom stereocenters. The molecule has 2 N–H and O–H groups in total. The normalized spacial score (nSPS) is 13.8. The zero-order chi connectivity index (χ0) is 17.7. The number of anilines is 1. The van der Waals surface area contributed by atoms with E-state index in [4.69, 9.17) is 5.73 Å². The summed E-state index contributed by atoms with van der Waals surface area (Å²) < 4.78 is 1.15. The molecule has 0 saturated carbocycles. The SMILES string of the molecule is CC[N+](CC)(CC)CCCCCN1C(=O)c2ccc(N)cc2C1=O.[Br-]. The van der Waals surface area contributed by atoms with Crippen LogP contribution in [0.3, 0.4) is 0 Å². The second-order valence-electron chi connectivity index (χ2n) is 6.64. The summed E-state index contributed by atoms with van der Waals surface area (Å²) in [6, 6.07) is 4.93. The van der Waals surface area contributed by atoms with E-state index in [1.807, 2.05) is 0 Å². The Morgan fingerprint density at radius 3 is 2.12 bits per heavy atom. The number of hydrogen-bond acceptors (Lipinski definition) is 3. The zero-order valence-electron chi connectivity index (χ0n) is 15.6. The number of benzene rings is 1. The van der Waals surface area contributed by atoms with E-state index in [0.29, 0.717) is 23.4 Å². The van der Waals surface area contributed by atoms with Crippen LogP contribution < -0.4 is 22.7 Å². The van der Waals surface area contributed by atoms with Crippen LogP contribution in [0.2, 0.25) is 0 Å². The van der Waals surface area contributed by atoms with Gasteiger partial charge in [0.15, 0.2) is 0 Å². The van der Waals surface area contributed by atoms with Crippen LogP contribution in [-0.2, 0) is 0 Å². The van der Waals surface area contributed by atoms with Crippen LogP contribution >= 0.6 is 0 Å². The summed E-state index contributed by atoms with van der Waals surface area (Å²) in [5.74, 6) is -0.390. The number of rotatable bonds is 9. The Morgan fingerprint density at radius 1 is 0.920 bits per heavy atom. The number of hydrogen-bond donors (Lipinski definition) is 1. The van der Waals surface area contributed by atoms with E-state index in [9.17, 15) is 9.59 Å². The fourth-order valence-electron chi connectivity index (χ4n) is 3.55. The van der Waals surface area contributed by atoms with Crippen LogP contribution in [0.1, 0.15) is 60.7 Å². The van der Waals surface area contributed by atoms with Crippen LogP contribution in [0.5, 0.6) is 0 Å². The average Bonchev–Trinajstić information content (AvgIpc) is 2.83. The molecule has 0 bridgehead atoms. The van der Waals surface area contributed by atoms with Gasteiger partial charge < -0.3 is 27.2 Å². The maximum absolute atomic E-state index is 12.4. The smallest absolute Gasteiger partial charge is 0.261 e. The minimum Gasteiger partial charge on any atom is -1.00 e. The van der Waals surface area contributed by atoms with Gasteiger partial charge in [-0.2, -0.15) is 0 Å². The number of halogens is 1. The van der Waals surface area contributed by atoms with E-state index in [1.54, 1.807) is 18.2 Å². The van der Waals surface area contributed by atoms with Gasteiger partial charge in [-0.25, -0.2) is 0 Å². The van der Waals surface area contributed by atoms with E-state index in [1.165, 1.54) is 11.4 Å². The lowest BCUT2D eigenvalue weighted by atomic mass is 10.1. The first kappa shape index (κ1) is 21.6. The van der Waals surface area contributed by atoms with Crippen molar-refractivity contribution in [1.82, 2.24) is 4.90 Å². The number of unbranched alkanes of at least 4 members (excludes halogenated alkanes) is 2. The van der Waals surface area contributed by atoms with Gasteiger partial charge in [0.25, 0.3) is 11.8 Å². The Balaban J connectivity index is 0.00000312. The highest BCUT2D eigenvalue weighted by Crippen LogP contribution is 2.25. The van der Waals surface area contributed by atoms with Crippen molar-refractivity contribution in [3.8, 4) is 0 Å². The predicted octanol–water partition coefficient (Wildman–Crippen LogP) is -0.0844. The number of nitrogens with zero attached hydrogens (tertiary/aromatic N) is 2. The number of carbonyl (C=O) groups is 2. The fraction of sp³-hybridized carbons (Fsp3) is 0.579. The topological polar surface area (TPSA) is 63.4 Å². The second kappa shape index (κ2) is 9.34. The molecule has 1 aromatic rings. The molecular formula is C19H30BrN3O2. The molecule has 6 heteroatoms. The largest absolute Gasteiger partial charge is 1.00 e. The highest BCUT2D eigenvalue weighted by atomic mass is 79.9. The molecule has 1 aliphatic rings. The van der Waals surface area contributed by atoms with E-state index in [-0.39, 0.29) is 28.8 Å². The number of nitrogen functional groups attached to an aromatic ring is 1. The molecule has 0 unspecified atom stereocenters. The lowest BCUT2D eigenvalue weighted by Gasteiger charge is -2.35. The molecule has 140 valence electrons. The summed E-state index contributed by atoms with van der Waals surface area (Å²) in [5, 5.41) is 0. The van der Waals surface area contributed by atoms with Gasteiger partial charge in [-0.15, -0.1) is 0 Å². The average molecular weight is 412 g/mol. The number of amides is 2. The Hall–Kier alpha value is -1.40. The number of quaternary nitrogens is 1. The Morgan fingerprint density at radius 2 is 1.52 bits per heavy atom. The van der Waals surface area contributed by atoms with Crippen LogP contribution in [0.25, 0.3) is 0 Å². The molecule has 0 spiro atoms. The van der Waals surface area contributed by atoms with Crippen LogP contribution in [0.15, 0.2) is 18.2 Å². The quantitative estimate of drug-likeness (QED) is 0.267. The summed E-state index contributed by atoms with van der Waals surface area (Å²) in [4.78, 5) is 26.1. The van der Waals surface area contributed by atoms with Crippen molar-refractivity contribution in [2.45, 2.75) is 40.0 Å². The lowest BCUT2D eigenvalue weighted by molar-refractivity contribution is -0.923. The van der Waals surface area contributed by atoms with Gasteiger partial charge in [-0.3, -0.25) is 14.5 Å². The van der Waals surface area contributed by atoms with E-state index >= 15 is 0 Å². The Kier molecular flexibility index (Phi) is 8.09.